The van der Waals surface area contributed by atoms with Crippen molar-refractivity contribution in [3.8, 4) is 0 Å². The second-order valence-electron chi connectivity index (χ2n) is 3.02. The van der Waals surface area contributed by atoms with Crippen LogP contribution in [0.3, 0.4) is 0 Å². The van der Waals surface area contributed by atoms with E-state index in [-0.39, 0.29) is 5.38 Å². The van der Waals surface area contributed by atoms with Crippen LogP contribution in [-0.2, 0) is 0 Å². The van der Waals surface area contributed by atoms with Crippen LogP contribution in [0.25, 0.3) is 0 Å². The zero-order valence-corrected chi connectivity index (χ0v) is 8.22. The molecule has 0 saturated heterocycles. The third-order valence-corrected chi connectivity index (χ3v) is 2.44. The van der Waals surface area contributed by atoms with Crippen molar-refractivity contribution in [2.45, 2.75) is 31.6 Å². The van der Waals surface area contributed by atoms with Crippen LogP contribution in [0.5, 0.6) is 0 Å². The molecule has 0 aromatic heterocycles. The lowest BCUT2D eigenvalue weighted by atomic mass is 10.1. The molecule has 0 heterocycles. The summed E-state index contributed by atoms with van der Waals surface area (Å²) in [7, 11) is 0. The van der Waals surface area contributed by atoms with Crippen LogP contribution < -0.4 is 0 Å². The van der Waals surface area contributed by atoms with E-state index in [4.69, 9.17) is 11.6 Å². The highest BCUT2D eigenvalue weighted by Gasteiger charge is 2.04. The van der Waals surface area contributed by atoms with E-state index in [1.165, 1.54) is 18.4 Å². The largest absolute Gasteiger partial charge is 0.118 e. The second-order valence-corrected chi connectivity index (χ2v) is 3.55. The van der Waals surface area contributed by atoms with Crippen LogP contribution in [0.1, 0.15) is 37.1 Å². The Balaban J connectivity index is 2.48. The Morgan fingerprint density at radius 1 is 1.25 bits per heavy atom. The Morgan fingerprint density at radius 3 is 2.50 bits per heavy atom. The second kappa shape index (κ2) is 5.21. The third-order valence-electron chi connectivity index (χ3n) is 1.97. The predicted octanol–water partition coefficient (Wildman–Crippen LogP) is 4.16. The average molecular weight is 183 g/mol. The van der Waals surface area contributed by atoms with Gasteiger partial charge in [0.1, 0.15) is 0 Å². The molecular weight excluding hydrogens is 168 g/mol. The molecule has 0 spiro atoms. The van der Waals surface area contributed by atoms with Crippen molar-refractivity contribution in [3.63, 3.8) is 0 Å². The lowest BCUT2D eigenvalue weighted by Gasteiger charge is -2.07. The lowest BCUT2D eigenvalue weighted by Crippen LogP contribution is -1.89. The Bertz CT molecular complexity index is 206. The zero-order valence-electron chi connectivity index (χ0n) is 7.46. The first-order valence-electron chi connectivity index (χ1n) is 4.53. The van der Waals surface area contributed by atoms with Crippen molar-refractivity contribution >= 4 is 11.6 Å². The number of halogens is 1. The first-order valence-corrected chi connectivity index (χ1v) is 4.97. The van der Waals surface area contributed by atoms with Crippen molar-refractivity contribution in [2.75, 3.05) is 0 Å². The maximum atomic E-state index is 6.18. The van der Waals surface area contributed by atoms with Gasteiger partial charge in [-0.15, -0.1) is 11.6 Å². The first kappa shape index (κ1) is 9.60. The van der Waals surface area contributed by atoms with Gasteiger partial charge in [0.05, 0.1) is 5.38 Å². The zero-order chi connectivity index (χ0) is 8.81. The molecule has 0 nitrogen and oxygen atoms in total. The first-order chi connectivity index (χ1) is 5.84. The summed E-state index contributed by atoms with van der Waals surface area (Å²) in [6.07, 6.45) is 3.52. The molecule has 1 unspecified atom stereocenters. The van der Waals surface area contributed by atoms with Crippen molar-refractivity contribution in [1.29, 1.82) is 0 Å². The van der Waals surface area contributed by atoms with Crippen molar-refractivity contribution < 1.29 is 0 Å². The van der Waals surface area contributed by atoms with Crippen LogP contribution in [-0.4, -0.2) is 0 Å². The Labute approximate surface area is 79.6 Å². The van der Waals surface area contributed by atoms with E-state index in [1.54, 1.807) is 0 Å². The number of hydrogen-bond acceptors (Lipinski definition) is 0. The summed E-state index contributed by atoms with van der Waals surface area (Å²) >= 11 is 6.18. The highest BCUT2D eigenvalue weighted by Crippen LogP contribution is 2.25. The van der Waals surface area contributed by atoms with E-state index >= 15 is 0 Å². The molecular formula is C11H15Cl. The molecule has 0 bridgehead atoms. The van der Waals surface area contributed by atoms with Gasteiger partial charge >= 0.3 is 0 Å². The number of alkyl halides is 1. The van der Waals surface area contributed by atoms with Crippen molar-refractivity contribution in [3.05, 3.63) is 35.9 Å². The predicted molar refractivity (Wildman–Crippen MR) is 54.6 cm³/mol. The molecule has 0 radical (unpaired) electrons. The van der Waals surface area contributed by atoms with Gasteiger partial charge in [-0.1, -0.05) is 50.1 Å². The van der Waals surface area contributed by atoms with E-state index in [0.29, 0.717) is 0 Å². The minimum absolute atomic E-state index is 0.200. The molecule has 0 saturated carbocycles. The summed E-state index contributed by atoms with van der Waals surface area (Å²) in [6.45, 7) is 2.19. The van der Waals surface area contributed by atoms with Crippen LogP contribution in [0.4, 0.5) is 0 Å². The van der Waals surface area contributed by atoms with E-state index in [2.05, 4.69) is 19.1 Å². The standard InChI is InChI=1S/C11H15Cl/c1-2-3-9-11(12)10-7-5-4-6-8-10/h4-8,11H,2-3,9H2,1H3. The minimum Gasteiger partial charge on any atom is -0.118 e. The molecule has 66 valence electrons. The molecule has 0 N–H and O–H groups in total. The fraction of sp³-hybridized carbons (Fsp3) is 0.455. The van der Waals surface area contributed by atoms with Gasteiger partial charge in [-0.2, -0.15) is 0 Å². The molecule has 0 amide bonds. The highest BCUT2D eigenvalue weighted by molar-refractivity contribution is 6.20. The molecule has 1 atom stereocenters. The molecule has 0 aliphatic carbocycles. The number of benzene rings is 1. The molecule has 0 fully saturated rings. The summed E-state index contributed by atoms with van der Waals surface area (Å²) in [5, 5.41) is 0.200. The maximum absolute atomic E-state index is 6.18. The van der Waals surface area contributed by atoms with Crippen LogP contribution in [0, 0.1) is 0 Å². The quantitative estimate of drug-likeness (QED) is 0.614. The molecule has 1 aromatic carbocycles. The van der Waals surface area contributed by atoms with E-state index in [9.17, 15) is 0 Å². The third kappa shape index (κ3) is 2.86. The molecule has 12 heavy (non-hydrogen) atoms. The summed E-state index contributed by atoms with van der Waals surface area (Å²) in [5.41, 5.74) is 1.24. The van der Waals surface area contributed by atoms with Crippen LogP contribution in [0.15, 0.2) is 30.3 Å². The summed E-state index contributed by atoms with van der Waals surface area (Å²) in [5.74, 6) is 0. The normalized spacial score (nSPS) is 12.8. The number of hydrogen-bond donors (Lipinski definition) is 0. The van der Waals surface area contributed by atoms with Gasteiger partial charge in [0.2, 0.25) is 0 Å². The van der Waals surface area contributed by atoms with Crippen LogP contribution >= 0.6 is 11.6 Å². The summed E-state index contributed by atoms with van der Waals surface area (Å²) in [6, 6.07) is 10.3. The number of unbranched alkanes of at least 4 members (excludes halogenated alkanes) is 1. The van der Waals surface area contributed by atoms with E-state index in [0.717, 1.165) is 6.42 Å². The molecule has 1 aromatic rings. The minimum atomic E-state index is 0.200. The summed E-state index contributed by atoms with van der Waals surface area (Å²) < 4.78 is 0. The van der Waals surface area contributed by atoms with Crippen molar-refractivity contribution in [2.24, 2.45) is 0 Å². The van der Waals surface area contributed by atoms with E-state index in [1.807, 2.05) is 18.2 Å². The highest BCUT2D eigenvalue weighted by atomic mass is 35.5. The Kier molecular flexibility index (Phi) is 4.16. The van der Waals surface area contributed by atoms with Gasteiger partial charge < -0.3 is 0 Å². The number of rotatable bonds is 4. The van der Waals surface area contributed by atoms with Gasteiger partial charge in [0.15, 0.2) is 0 Å². The van der Waals surface area contributed by atoms with Crippen LogP contribution in [0.2, 0.25) is 0 Å². The monoisotopic (exact) mass is 182 g/mol. The lowest BCUT2D eigenvalue weighted by molar-refractivity contribution is 0.701. The maximum Gasteiger partial charge on any atom is 0.0585 e. The fourth-order valence-corrected chi connectivity index (χ4v) is 1.51. The molecule has 1 rings (SSSR count). The van der Waals surface area contributed by atoms with Gasteiger partial charge in [-0.3, -0.25) is 0 Å². The molecule has 0 aliphatic heterocycles. The Morgan fingerprint density at radius 2 is 1.92 bits per heavy atom. The molecule has 1 heteroatoms. The smallest absolute Gasteiger partial charge is 0.0585 e. The summed E-state index contributed by atoms with van der Waals surface area (Å²) in [4.78, 5) is 0. The van der Waals surface area contributed by atoms with E-state index < -0.39 is 0 Å². The van der Waals surface area contributed by atoms with Gasteiger partial charge in [-0.25, -0.2) is 0 Å². The van der Waals surface area contributed by atoms with Gasteiger partial charge in [0, 0.05) is 0 Å². The molecule has 0 aliphatic rings. The topological polar surface area (TPSA) is 0 Å². The van der Waals surface area contributed by atoms with Gasteiger partial charge in [-0.05, 0) is 12.0 Å². The Hall–Kier alpha value is -0.490. The fourth-order valence-electron chi connectivity index (χ4n) is 1.21. The van der Waals surface area contributed by atoms with Gasteiger partial charge in [0.25, 0.3) is 0 Å². The SMILES string of the molecule is CCCCC(Cl)c1ccccc1. The average Bonchev–Trinajstić information content (AvgIpc) is 2.15. The van der Waals surface area contributed by atoms with Crippen molar-refractivity contribution in [1.82, 2.24) is 0 Å².